The predicted molar refractivity (Wildman–Crippen MR) is 127 cm³/mol. The molecule has 2 N–H and O–H groups in total. The van der Waals surface area contributed by atoms with E-state index < -0.39 is 21.2 Å². The number of hydrogen-bond acceptors (Lipinski definition) is 7. The van der Waals surface area contributed by atoms with Crippen molar-refractivity contribution in [3.8, 4) is 0 Å². The molecule has 5 rings (SSSR count). The van der Waals surface area contributed by atoms with Crippen LogP contribution in [0, 0.1) is 5.41 Å². The lowest BCUT2D eigenvalue weighted by Crippen LogP contribution is -2.37. The number of morpholine rings is 1. The van der Waals surface area contributed by atoms with E-state index in [1.807, 2.05) is 18.5 Å². The van der Waals surface area contributed by atoms with Gasteiger partial charge in [0.15, 0.2) is 0 Å². The average molecular weight is 471 g/mol. The molecular formula is C24H30N4O4S. The summed E-state index contributed by atoms with van der Waals surface area (Å²) in [5.74, 6) is -0.563. The molecule has 3 heterocycles. The number of carbonyl (C=O) groups excluding carboxylic acids is 1. The first-order chi connectivity index (χ1) is 15.7. The molecule has 1 aliphatic carbocycles. The van der Waals surface area contributed by atoms with Crippen molar-refractivity contribution in [2.45, 2.75) is 44.4 Å². The van der Waals surface area contributed by atoms with Gasteiger partial charge in [0.25, 0.3) is 5.91 Å². The highest BCUT2D eigenvalue weighted by Crippen LogP contribution is 2.45. The zero-order valence-electron chi connectivity index (χ0n) is 19.0. The summed E-state index contributed by atoms with van der Waals surface area (Å²) in [6.45, 7) is 7.55. The molecule has 1 amide bonds. The summed E-state index contributed by atoms with van der Waals surface area (Å²) in [6.07, 6.45) is 5.80. The van der Waals surface area contributed by atoms with E-state index in [9.17, 15) is 13.2 Å². The monoisotopic (exact) mass is 470 g/mol. The van der Waals surface area contributed by atoms with Crippen LogP contribution in [-0.4, -0.2) is 50.9 Å². The van der Waals surface area contributed by atoms with Gasteiger partial charge in [0.1, 0.15) is 0 Å². The first-order valence-corrected chi connectivity index (χ1v) is 13.0. The number of ether oxygens (including phenoxy) is 1. The van der Waals surface area contributed by atoms with Crippen LogP contribution >= 0.6 is 0 Å². The second-order valence-electron chi connectivity index (χ2n) is 9.87. The Hall–Kier alpha value is -2.65. The number of sulfonamides is 1. The summed E-state index contributed by atoms with van der Waals surface area (Å²) in [5.41, 5.74) is 4.40. The zero-order chi connectivity index (χ0) is 23.2. The number of nitrogens with zero attached hydrogens (tertiary/aromatic N) is 2. The van der Waals surface area contributed by atoms with Crippen molar-refractivity contribution in [1.29, 1.82) is 0 Å². The Morgan fingerprint density at radius 3 is 2.67 bits per heavy atom. The molecule has 0 radical (unpaired) electrons. The predicted octanol–water partition coefficient (Wildman–Crippen LogP) is 2.88. The number of rotatable bonds is 5. The van der Waals surface area contributed by atoms with Gasteiger partial charge in [0, 0.05) is 30.5 Å². The maximum Gasteiger partial charge on any atom is 0.264 e. The maximum atomic E-state index is 12.6. The molecule has 1 saturated carbocycles. The molecule has 9 heteroatoms. The molecule has 3 aliphatic rings. The molecule has 1 aromatic heterocycles. The highest BCUT2D eigenvalue weighted by molar-refractivity contribution is 7.91. The molecule has 176 valence electrons. The quantitative estimate of drug-likeness (QED) is 0.693. The first kappa shape index (κ1) is 22.2. The summed E-state index contributed by atoms with van der Waals surface area (Å²) in [7, 11) is -3.57. The van der Waals surface area contributed by atoms with E-state index in [1.165, 1.54) is 0 Å². The molecule has 2 fully saturated rings. The highest BCUT2D eigenvalue weighted by atomic mass is 32.2. The number of amides is 1. The van der Waals surface area contributed by atoms with Crippen LogP contribution in [0.25, 0.3) is 0 Å². The Morgan fingerprint density at radius 2 is 1.94 bits per heavy atom. The van der Waals surface area contributed by atoms with E-state index in [-0.39, 0.29) is 11.5 Å². The molecule has 1 atom stereocenters. The zero-order valence-corrected chi connectivity index (χ0v) is 19.8. The van der Waals surface area contributed by atoms with Crippen LogP contribution in [0.15, 0.2) is 36.7 Å². The number of carbonyl (C=O) groups is 1. The van der Waals surface area contributed by atoms with E-state index in [0.717, 1.165) is 55.2 Å². The highest BCUT2D eigenvalue weighted by Gasteiger charge is 2.38. The third-order valence-corrected chi connectivity index (χ3v) is 8.57. The fraction of sp³-hybridized carbons (Fsp3) is 0.500. The molecule has 1 aromatic carbocycles. The lowest BCUT2D eigenvalue weighted by atomic mass is 9.73. The Kier molecular flexibility index (Phi) is 5.56. The minimum absolute atomic E-state index is 0.0495. The summed E-state index contributed by atoms with van der Waals surface area (Å²) >= 11 is 0. The molecule has 8 nitrogen and oxygen atoms in total. The van der Waals surface area contributed by atoms with E-state index in [2.05, 4.69) is 39.8 Å². The molecule has 2 aromatic rings. The summed E-state index contributed by atoms with van der Waals surface area (Å²) in [5, 5.41) is 3.21. The number of fused-ring (bicyclic) bond motifs is 1. The minimum atomic E-state index is -3.57. The van der Waals surface area contributed by atoms with Gasteiger partial charge in [-0.3, -0.25) is 9.78 Å². The van der Waals surface area contributed by atoms with Gasteiger partial charge in [0.2, 0.25) is 10.0 Å². The first-order valence-electron chi connectivity index (χ1n) is 11.5. The van der Waals surface area contributed by atoms with Gasteiger partial charge in [-0.25, -0.2) is 13.1 Å². The Morgan fingerprint density at radius 1 is 1.18 bits per heavy atom. The summed E-state index contributed by atoms with van der Waals surface area (Å²) in [6, 6.07) is 7.61. The standard InChI is InChI=1S/C24H30N4O4S/c1-24(2)13-17-11-16(23(29)27-33(30,31)20-4-5-20)3-6-21(17)26-22(24)18-12-19(15-25-14-18)28-7-9-32-10-8-28/h3,6,11-12,14-15,20,22,26H,4-5,7-10,13H2,1-2H3,(H,27,29). The van der Waals surface area contributed by atoms with Gasteiger partial charge in [0.05, 0.1) is 36.4 Å². The lowest BCUT2D eigenvalue weighted by molar-refractivity contribution is 0.0981. The van der Waals surface area contributed by atoms with Crippen molar-refractivity contribution in [2.24, 2.45) is 5.41 Å². The molecule has 2 aliphatic heterocycles. The molecule has 1 saturated heterocycles. The van der Waals surface area contributed by atoms with E-state index in [0.29, 0.717) is 18.4 Å². The fourth-order valence-electron chi connectivity index (χ4n) is 4.75. The van der Waals surface area contributed by atoms with Gasteiger partial charge < -0.3 is 15.0 Å². The van der Waals surface area contributed by atoms with Crippen molar-refractivity contribution in [2.75, 3.05) is 36.5 Å². The van der Waals surface area contributed by atoms with Crippen molar-refractivity contribution >= 4 is 27.3 Å². The van der Waals surface area contributed by atoms with E-state index in [1.54, 1.807) is 12.1 Å². The summed E-state index contributed by atoms with van der Waals surface area (Å²) in [4.78, 5) is 19.4. The van der Waals surface area contributed by atoms with Crippen molar-refractivity contribution in [3.63, 3.8) is 0 Å². The van der Waals surface area contributed by atoms with Crippen LogP contribution in [0.5, 0.6) is 0 Å². The Labute approximate surface area is 194 Å². The maximum absolute atomic E-state index is 12.6. The van der Waals surface area contributed by atoms with Crippen molar-refractivity contribution in [3.05, 3.63) is 53.3 Å². The van der Waals surface area contributed by atoms with Crippen LogP contribution in [0.4, 0.5) is 11.4 Å². The second-order valence-corrected chi connectivity index (χ2v) is 11.8. The van der Waals surface area contributed by atoms with Crippen LogP contribution in [-0.2, 0) is 21.2 Å². The number of hydrogen-bond donors (Lipinski definition) is 2. The molecule has 0 bridgehead atoms. The van der Waals surface area contributed by atoms with E-state index in [4.69, 9.17) is 4.74 Å². The van der Waals surface area contributed by atoms with Gasteiger partial charge >= 0.3 is 0 Å². The Balaban J connectivity index is 1.37. The normalized spacial score (nSPS) is 22.2. The van der Waals surface area contributed by atoms with Gasteiger partial charge in [-0.1, -0.05) is 13.8 Å². The summed E-state index contributed by atoms with van der Waals surface area (Å²) < 4.78 is 32.0. The number of anilines is 2. The number of aromatic nitrogens is 1. The smallest absolute Gasteiger partial charge is 0.264 e. The lowest BCUT2D eigenvalue weighted by Gasteiger charge is -2.41. The topological polar surface area (TPSA) is 101 Å². The SMILES string of the molecule is CC1(C)Cc2cc(C(=O)NS(=O)(=O)C3CC3)ccc2NC1c1cncc(N2CCOCC2)c1. The van der Waals surface area contributed by atoms with Crippen LogP contribution < -0.4 is 14.9 Å². The fourth-order valence-corrected chi connectivity index (χ4v) is 6.05. The van der Waals surface area contributed by atoms with Gasteiger partial charge in [-0.05, 0) is 60.1 Å². The number of nitrogens with one attached hydrogen (secondary N) is 2. The average Bonchev–Trinajstić information content (AvgIpc) is 3.64. The third kappa shape index (κ3) is 4.56. The minimum Gasteiger partial charge on any atom is -0.378 e. The van der Waals surface area contributed by atoms with Gasteiger partial charge in [-0.2, -0.15) is 0 Å². The molecule has 0 spiro atoms. The van der Waals surface area contributed by atoms with E-state index >= 15 is 0 Å². The molecule has 1 unspecified atom stereocenters. The Bertz CT molecular complexity index is 1170. The second kappa shape index (κ2) is 8.29. The third-order valence-electron chi connectivity index (χ3n) is 6.75. The van der Waals surface area contributed by atoms with Gasteiger partial charge in [-0.15, -0.1) is 0 Å². The number of pyridine rings is 1. The molecule has 33 heavy (non-hydrogen) atoms. The number of benzene rings is 1. The largest absolute Gasteiger partial charge is 0.378 e. The molecular weight excluding hydrogens is 440 g/mol. The van der Waals surface area contributed by atoms with Crippen molar-refractivity contribution < 1.29 is 17.9 Å². The van der Waals surface area contributed by atoms with Crippen LogP contribution in [0.2, 0.25) is 0 Å². The van der Waals surface area contributed by atoms with Crippen LogP contribution in [0.1, 0.15) is 54.2 Å². The van der Waals surface area contributed by atoms with Crippen molar-refractivity contribution in [1.82, 2.24) is 9.71 Å². The van der Waals surface area contributed by atoms with Crippen LogP contribution in [0.3, 0.4) is 0 Å².